The van der Waals surface area contributed by atoms with E-state index in [4.69, 9.17) is 4.74 Å². The number of rotatable bonds is 43. The zero-order chi connectivity index (χ0) is 41.7. The highest BCUT2D eigenvalue weighted by Gasteiger charge is 2.23. The van der Waals surface area contributed by atoms with Crippen LogP contribution in [0.25, 0.3) is 0 Å². The molecule has 0 aliphatic heterocycles. The first-order valence-corrected chi connectivity index (χ1v) is 24.4. The van der Waals surface area contributed by atoms with E-state index in [1.54, 1.807) is 0 Å². The van der Waals surface area contributed by atoms with Gasteiger partial charge in [-0.2, -0.15) is 0 Å². The largest absolute Gasteiger partial charge is 0.461 e. The van der Waals surface area contributed by atoms with Crippen LogP contribution >= 0.6 is 0 Å². The minimum absolute atomic E-state index is 0.00373. The third-order valence-corrected chi connectivity index (χ3v) is 10.9. The molecule has 0 spiro atoms. The average Bonchev–Trinajstić information content (AvgIpc) is 3.20. The quantitative estimate of drug-likeness (QED) is 0.0324. The Balaban J connectivity index is 4.70. The number of ether oxygens (including phenoxy) is 1. The molecule has 0 aliphatic carbocycles. The van der Waals surface area contributed by atoms with Gasteiger partial charge in [0.2, 0.25) is 5.91 Å². The number of carbonyl (C=O) groups is 2. The highest BCUT2D eigenvalue weighted by molar-refractivity contribution is 5.77. The molecule has 0 radical (unpaired) electrons. The van der Waals surface area contributed by atoms with Gasteiger partial charge in [-0.25, -0.2) is 0 Å². The van der Waals surface area contributed by atoms with Crippen molar-refractivity contribution in [2.75, 3.05) is 6.61 Å². The van der Waals surface area contributed by atoms with E-state index in [9.17, 15) is 19.8 Å². The van der Waals surface area contributed by atoms with E-state index in [0.29, 0.717) is 19.3 Å². The van der Waals surface area contributed by atoms with Crippen LogP contribution in [-0.4, -0.2) is 46.9 Å². The molecule has 0 heterocycles. The summed E-state index contributed by atoms with van der Waals surface area (Å²) in [5.41, 5.74) is 0. The number of hydrogen-bond donors (Lipinski definition) is 3. The summed E-state index contributed by atoms with van der Waals surface area (Å²) < 4.78 is 5.84. The Bertz CT molecular complexity index is 988. The van der Waals surface area contributed by atoms with Gasteiger partial charge in [-0.1, -0.05) is 223 Å². The van der Waals surface area contributed by atoms with Crippen LogP contribution in [0.4, 0.5) is 0 Å². The number of allylic oxidation sites excluding steroid dienone is 7. The Morgan fingerprint density at radius 2 is 0.930 bits per heavy atom. The van der Waals surface area contributed by atoms with Crippen molar-refractivity contribution in [3.05, 3.63) is 48.6 Å². The van der Waals surface area contributed by atoms with Crippen molar-refractivity contribution >= 4 is 11.9 Å². The van der Waals surface area contributed by atoms with E-state index in [1.807, 2.05) is 6.08 Å². The lowest BCUT2D eigenvalue weighted by atomic mass is 10.0. The Labute approximate surface area is 353 Å². The lowest BCUT2D eigenvalue weighted by molar-refractivity contribution is -0.150. The number of esters is 1. The zero-order valence-corrected chi connectivity index (χ0v) is 37.7. The normalized spacial score (nSPS) is 13.7. The second kappa shape index (κ2) is 44.9. The summed E-state index contributed by atoms with van der Waals surface area (Å²) in [5.74, 6) is -0.574. The van der Waals surface area contributed by atoms with Crippen LogP contribution in [0.15, 0.2) is 48.6 Å². The van der Waals surface area contributed by atoms with Gasteiger partial charge in [0.05, 0.1) is 25.2 Å². The van der Waals surface area contributed by atoms with Gasteiger partial charge >= 0.3 is 5.97 Å². The predicted octanol–water partition coefficient (Wildman–Crippen LogP) is 14.3. The fraction of sp³-hybridized carbons (Fsp3) is 0.804. The van der Waals surface area contributed by atoms with Crippen LogP contribution in [0.1, 0.15) is 239 Å². The molecule has 3 N–H and O–H groups in total. The molecule has 6 nitrogen and oxygen atoms in total. The summed E-state index contributed by atoms with van der Waals surface area (Å²) in [6, 6.07) is -0.727. The van der Waals surface area contributed by atoms with Crippen molar-refractivity contribution < 1.29 is 24.5 Å². The van der Waals surface area contributed by atoms with Crippen molar-refractivity contribution in [3.8, 4) is 0 Å². The fourth-order valence-electron chi connectivity index (χ4n) is 7.17. The number of aliphatic hydroxyl groups excluding tert-OH is 2. The minimum Gasteiger partial charge on any atom is -0.461 e. The number of hydrogen-bond acceptors (Lipinski definition) is 5. The number of amides is 1. The predicted molar refractivity (Wildman–Crippen MR) is 245 cm³/mol. The Morgan fingerprint density at radius 1 is 0.526 bits per heavy atom. The standard InChI is InChI=1S/C51H93NO5/c1-4-7-10-13-16-19-22-24-25-27-28-30-33-36-39-42-47(57-51(56)44-41-38-35-32-21-18-15-12-9-6-3)45-50(55)52-48(46-53)49(54)43-40-37-34-31-29-26-23-20-17-14-11-8-5-2/h16,19,24-25,28,30,36,39,47-49,53-54H,4-15,17-18,20-23,26-27,29,31-35,37-38,40-46H2,1-3H3,(H,52,55)/b19-16-,25-24-,30-28-,39-36-. The topological polar surface area (TPSA) is 95.9 Å². The molecule has 0 fully saturated rings. The molecule has 6 heteroatoms. The SMILES string of the molecule is CCCCC/C=C\C/C=C\C/C=C\C/C=C\CC(CC(=O)NC(CO)C(O)CCCCCCCCCCCCCCC)OC(=O)CCCCCCCCCCCC. The van der Waals surface area contributed by atoms with E-state index >= 15 is 0 Å². The summed E-state index contributed by atoms with van der Waals surface area (Å²) in [7, 11) is 0. The first kappa shape index (κ1) is 54.8. The van der Waals surface area contributed by atoms with Gasteiger partial charge in [-0.3, -0.25) is 9.59 Å². The molecule has 0 saturated heterocycles. The van der Waals surface area contributed by atoms with Crippen molar-refractivity contribution in [3.63, 3.8) is 0 Å². The maximum atomic E-state index is 13.1. The monoisotopic (exact) mass is 800 g/mol. The molecule has 0 aromatic rings. The molecular formula is C51H93NO5. The summed E-state index contributed by atoms with van der Waals surface area (Å²) >= 11 is 0. The molecule has 0 aliphatic rings. The van der Waals surface area contributed by atoms with Crippen LogP contribution in [0.3, 0.4) is 0 Å². The summed E-state index contributed by atoms with van der Waals surface area (Å²) in [6.45, 7) is 6.41. The Morgan fingerprint density at radius 3 is 1.40 bits per heavy atom. The molecular weight excluding hydrogens is 707 g/mol. The maximum absolute atomic E-state index is 13.1. The smallest absolute Gasteiger partial charge is 0.306 e. The van der Waals surface area contributed by atoms with Crippen molar-refractivity contribution in [2.45, 2.75) is 257 Å². The molecule has 0 aromatic carbocycles. The molecule has 0 saturated carbocycles. The molecule has 0 aromatic heterocycles. The lowest BCUT2D eigenvalue weighted by Gasteiger charge is -2.24. The van der Waals surface area contributed by atoms with Crippen LogP contribution < -0.4 is 5.32 Å². The highest BCUT2D eigenvalue weighted by atomic mass is 16.5. The van der Waals surface area contributed by atoms with Gasteiger partial charge in [0.1, 0.15) is 6.10 Å². The van der Waals surface area contributed by atoms with E-state index in [1.165, 1.54) is 135 Å². The van der Waals surface area contributed by atoms with Gasteiger partial charge < -0.3 is 20.3 Å². The van der Waals surface area contributed by atoms with E-state index < -0.39 is 18.2 Å². The summed E-state index contributed by atoms with van der Waals surface area (Å²) in [6.07, 6.45) is 53.3. The molecule has 3 atom stereocenters. The van der Waals surface area contributed by atoms with Crippen LogP contribution in [0.2, 0.25) is 0 Å². The molecule has 3 unspecified atom stereocenters. The summed E-state index contributed by atoms with van der Waals surface area (Å²) in [5, 5.41) is 23.7. The Hall–Kier alpha value is -2.18. The van der Waals surface area contributed by atoms with Crippen molar-refractivity contribution in [1.29, 1.82) is 0 Å². The third kappa shape index (κ3) is 40.4. The molecule has 0 bridgehead atoms. The first-order chi connectivity index (χ1) is 28.0. The number of unbranched alkanes of at least 4 members (excludes halogenated alkanes) is 24. The number of aliphatic hydroxyl groups is 2. The van der Waals surface area contributed by atoms with Gasteiger partial charge in [-0.05, 0) is 44.9 Å². The second-order valence-corrected chi connectivity index (χ2v) is 16.5. The van der Waals surface area contributed by atoms with Gasteiger partial charge in [-0.15, -0.1) is 0 Å². The number of carbonyl (C=O) groups excluding carboxylic acids is 2. The highest BCUT2D eigenvalue weighted by Crippen LogP contribution is 2.16. The molecule has 57 heavy (non-hydrogen) atoms. The van der Waals surface area contributed by atoms with Crippen molar-refractivity contribution in [2.24, 2.45) is 0 Å². The summed E-state index contributed by atoms with van der Waals surface area (Å²) in [4.78, 5) is 26.0. The van der Waals surface area contributed by atoms with E-state index in [-0.39, 0.29) is 24.9 Å². The van der Waals surface area contributed by atoms with E-state index in [0.717, 1.165) is 57.8 Å². The van der Waals surface area contributed by atoms with Gasteiger partial charge in [0.25, 0.3) is 0 Å². The van der Waals surface area contributed by atoms with Gasteiger partial charge in [0.15, 0.2) is 0 Å². The lowest BCUT2D eigenvalue weighted by Crippen LogP contribution is -2.46. The van der Waals surface area contributed by atoms with Crippen LogP contribution in [0.5, 0.6) is 0 Å². The van der Waals surface area contributed by atoms with E-state index in [2.05, 4.69) is 68.6 Å². The minimum atomic E-state index is -0.808. The Kier molecular flexibility index (Phi) is 43.2. The zero-order valence-electron chi connectivity index (χ0n) is 37.7. The molecule has 332 valence electrons. The second-order valence-electron chi connectivity index (χ2n) is 16.5. The average molecular weight is 800 g/mol. The van der Waals surface area contributed by atoms with Crippen molar-refractivity contribution in [1.82, 2.24) is 5.32 Å². The molecule has 1 amide bonds. The fourth-order valence-corrected chi connectivity index (χ4v) is 7.17. The third-order valence-electron chi connectivity index (χ3n) is 10.9. The maximum Gasteiger partial charge on any atom is 0.306 e. The van der Waals surface area contributed by atoms with Crippen LogP contribution in [0, 0.1) is 0 Å². The molecule has 0 rings (SSSR count). The number of nitrogens with one attached hydrogen (secondary N) is 1. The first-order valence-electron chi connectivity index (χ1n) is 24.4. The van der Waals surface area contributed by atoms with Gasteiger partial charge in [0, 0.05) is 12.8 Å². The van der Waals surface area contributed by atoms with Crippen LogP contribution in [-0.2, 0) is 14.3 Å².